The maximum absolute atomic E-state index is 6.05. The second-order valence-corrected chi connectivity index (χ2v) is 5.37. The zero-order valence-electron chi connectivity index (χ0n) is 11.0. The van der Waals surface area contributed by atoms with Crippen LogP contribution in [0.4, 0.5) is 5.82 Å². The van der Waals surface area contributed by atoms with Crippen molar-refractivity contribution >= 4 is 5.82 Å². The number of nitrogens with one attached hydrogen (secondary N) is 1. The second-order valence-electron chi connectivity index (χ2n) is 5.37. The van der Waals surface area contributed by atoms with Crippen LogP contribution in [0.15, 0.2) is 12.3 Å². The largest absolute Gasteiger partial charge is 0.383 e. The first kappa shape index (κ1) is 12.4. The van der Waals surface area contributed by atoms with Gasteiger partial charge in [0.1, 0.15) is 5.82 Å². The van der Waals surface area contributed by atoms with Crippen molar-refractivity contribution in [3.05, 3.63) is 23.4 Å². The quantitative estimate of drug-likeness (QED) is 0.844. The molecule has 0 saturated heterocycles. The van der Waals surface area contributed by atoms with Gasteiger partial charge < -0.3 is 11.1 Å². The normalized spacial score (nSPS) is 26.1. The Kier molecular flexibility index (Phi) is 3.67. The van der Waals surface area contributed by atoms with Gasteiger partial charge in [0, 0.05) is 17.8 Å². The summed E-state index contributed by atoms with van der Waals surface area (Å²) in [4.78, 5) is 4.24. The first-order chi connectivity index (χ1) is 8.13. The van der Waals surface area contributed by atoms with Crippen LogP contribution in [0.1, 0.15) is 43.4 Å². The van der Waals surface area contributed by atoms with E-state index >= 15 is 0 Å². The number of aryl methyl sites for hydroxylation is 1. The van der Waals surface area contributed by atoms with Crippen LogP contribution in [0.5, 0.6) is 0 Å². The Morgan fingerprint density at radius 1 is 1.47 bits per heavy atom. The SMILES string of the molecule is CNC(c1c(C)ccnc1N)C1CCC(C)C1. The molecule has 1 aliphatic rings. The van der Waals surface area contributed by atoms with E-state index in [1.807, 2.05) is 7.05 Å². The number of hydrogen-bond acceptors (Lipinski definition) is 3. The fourth-order valence-corrected chi connectivity index (χ4v) is 3.16. The lowest BCUT2D eigenvalue weighted by Crippen LogP contribution is -2.26. The second kappa shape index (κ2) is 5.05. The van der Waals surface area contributed by atoms with Gasteiger partial charge in [0.25, 0.3) is 0 Å². The minimum Gasteiger partial charge on any atom is -0.383 e. The van der Waals surface area contributed by atoms with Gasteiger partial charge in [-0.05, 0) is 50.3 Å². The van der Waals surface area contributed by atoms with Crippen LogP contribution in [-0.4, -0.2) is 12.0 Å². The molecule has 2 rings (SSSR count). The molecule has 3 atom stereocenters. The van der Waals surface area contributed by atoms with E-state index in [0.717, 1.165) is 5.92 Å². The van der Waals surface area contributed by atoms with Gasteiger partial charge in [-0.15, -0.1) is 0 Å². The first-order valence-corrected chi connectivity index (χ1v) is 6.51. The molecule has 1 aromatic rings. The Morgan fingerprint density at radius 3 is 2.76 bits per heavy atom. The van der Waals surface area contributed by atoms with Crippen LogP contribution >= 0.6 is 0 Å². The maximum atomic E-state index is 6.05. The molecule has 1 fully saturated rings. The molecule has 1 saturated carbocycles. The molecule has 3 unspecified atom stereocenters. The molecular weight excluding hydrogens is 210 g/mol. The predicted molar refractivity (Wildman–Crippen MR) is 71.7 cm³/mol. The molecule has 0 radical (unpaired) electrons. The monoisotopic (exact) mass is 233 g/mol. The number of nitrogens with zero attached hydrogens (tertiary/aromatic N) is 1. The van der Waals surface area contributed by atoms with E-state index in [2.05, 4.69) is 30.2 Å². The summed E-state index contributed by atoms with van der Waals surface area (Å²) in [5.74, 6) is 2.22. The Hall–Kier alpha value is -1.09. The number of nitrogens with two attached hydrogens (primary N) is 1. The molecule has 0 aliphatic heterocycles. The Morgan fingerprint density at radius 2 is 2.24 bits per heavy atom. The highest BCUT2D eigenvalue weighted by Gasteiger charge is 2.30. The summed E-state index contributed by atoms with van der Waals surface area (Å²) in [6, 6.07) is 2.41. The minimum atomic E-state index is 0.355. The van der Waals surface area contributed by atoms with Gasteiger partial charge in [-0.25, -0.2) is 4.98 Å². The molecule has 3 nitrogen and oxygen atoms in total. The van der Waals surface area contributed by atoms with Crippen molar-refractivity contribution < 1.29 is 0 Å². The molecule has 1 heterocycles. The zero-order valence-corrected chi connectivity index (χ0v) is 11.0. The molecule has 94 valence electrons. The number of anilines is 1. The van der Waals surface area contributed by atoms with E-state index in [1.165, 1.54) is 30.4 Å². The third kappa shape index (κ3) is 2.44. The van der Waals surface area contributed by atoms with Gasteiger partial charge in [-0.2, -0.15) is 0 Å². The standard InChI is InChI=1S/C14H23N3/c1-9-4-5-11(8-9)13(16-3)12-10(2)6-7-17-14(12)15/h6-7,9,11,13,16H,4-5,8H2,1-3H3,(H2,15,17). The third-order valence-electron chi connectivity index (χ3n) is 4.07. The Labute approximate surface area is 104 Å². The number of aromatic nitrogens is 1. The van der Waals surface area contributed by atoms with Crippen molar-refractivity contribution in [1.29, 1.82) is 0 Å². The van der Waals surface area contributed by atoms with Gasteiger partial charge >= 0.3 is 0 Å². The molecule has 17 heavy (non-hydrogen) atoms. The van der Waals surface area contributed by atoms with E-state index in [9.17, 15) is 0 Å². The van der Waals surface area contributed by atoms with E-state index < -0.39 is 0 Å². The highest BCUT2D eigenvalue weighted by atomic mass is 14.9. The zero-order chi connectivity index (χ0) is 12.4. The van der Waals surface area contributed by atoms with Gasteiger partial charge in [0.15, 0.2) is 0 Å². The van der Waals surface area contributed by atoms with E-state index in [0.29, 0.717) is 17.8 Å². The Bertz CT molecular complexity index is 369. The van der Waals surface area contributed by atoms with Gasteiger partial charge in [-0.1, -0.05) is 13.3 Å². The average molecular weight is 233 g/mol. The smallest absolute Gasteiger partial charge is 0.128 e. The van der Waals surface area contributed by atoms with Crippen LogP contribution in [-0.2, 0) is 0 Å². The van der Waals surface area contributed by atoms with Crippen molar-refractivity contribution in [2.45, 2.75) is 39.2 Å². The van der Waals surface area contributed by atoms with E-state index in [4.69, 9.17) is 5.73 Å². The van der Waals surface area contributed by atoms with Crippen molar-refractivity contribution in [2.24, 2.45) is 11.8 Å². The number of pyridine rings is 1. The van der Waals surface area contributed by atoms with Gasteiger partial charge in [-0.3, -0.25) is 0 Å². The minimum absolute atomic E-state index is 0.355. The van der Waals surface area contributed by atoms with Crippen molar-refractivity contribution in [3.8, 4) is 0 Å². The number of rotatable bonds is 3. The molecule has 1 aromatic heterocycles. The van der Waals surface area contributed by atoms with Crippen LogP contribution in [0, 0.1) is 18.8 Å². The summed E-state index contributed by atoms with van der Waals surface area (Å²) >= 11 is 0. The molecule has 0 amide bonds. The van der Waals surface area contributed by atoms with Gasteiger partial charge in [0.05, 0.1) is 0 Å². The van der Waals surface area contributed by atoms with Crippen LogP contribution < -0.4 is 11.1 Å². The first-order valence-electron chi connectivity index (χ1n) is 6.51. The molecule has 0 spiro atoms. The molecular formula is C14H23N3. The highest BCUT2D eigenvalue weighted by Crippen LogP contribution is 2.40. The highest BCUT2D eigenvalue weighted by molar-refractivity contribution is 5.46. The fourth-order valence-electron chi connectivity index (χ4n) is 3.16. The maximum Gasteiger partial charge on any atom is 0.128 e. The van der Waals surface area contributed by atoms with Crippen LogP contribution in [0.3, 0.4) is 0 Å². The van der Waals surface area contributed by atoms with Crippen LogP contribution in [0.25, 0.3) is 0 Å². The lowest BCUT2D eigenvalue weighted by atomic mass is 9.89. The molecule has 0 aromatic carbocycles. The van der Waals surface area contributed by atoms with E-state index in [1.54, 1.807) is 6.20 Å². The lowest BCUT2D eigenvalue weighted by Gasteiger charge is -2.26. The molecule has 3 heteroatoms. The summed E-state index contributed by atoms with van der Waals surface area (Å²) in [6.45, 7) is 4.46. The fraction of sp³-hybridized carbons (Fsp3) is 0.643. The summed E-state index contributed by atoms with van der Waals surface area (Å²) < 4.78 is 0. The lowest BCUT2D eigenvalue weighted by molar-refractivity contribution is 0.378. The van der Waals surface area contributed by atoms with Gasteiger partial charge in [0.2, 0.25) is 0 Å². The molecule has 3 N–H and O–H groups in total. The van der Waals surface area contributed by atoms with E-state index in [-0.39, 0.29) is 0 Å². The third-order valence-corrected chi connectivity index (χ3v) is 4.07. The summed E-state index contributed by atoms with van der Waals surface area (Å²) in [6.07, 6.45) is 5.71. The van der Waals surface area contributed by atoms with Crippen LogP contribution in [0.2, 0.25) is 0 Å². The van der Waals surface area contributed by atoms with Crippen molar-refractivity contribution in [1.82, 2.24) is 10.3 Å². The molecule has 1 aliphatic carbocycles. The summed E-state index contributed by atoms with van der Waals surface area (Å²) in [7, 11) is 2.03. The predicted octanol–water partition coefficient (Wildman–Crippen LogP) is 2.67. The topological polar surface area (TPSA) is 50.9 Å². The number of nitrogen functional groups attached to an aromatic ring is 1. The number of hydrogen-bond donors (Lipinski definition) is 2. The van der Waals surface area contributed by atoms with Crippen molar-refractivity contribution in [3.63, 3.8) is 0 Å². The molecule has 0 bridgehead atoms. The average Bonchev–Trinajstić information content (AvgIpc) is 2.70. The summed E-state index contributed by atoms with van der Waals surface area (Å²) in [5.41, 5.74) is 8.50. The summed E-state index contributed by atoms with van der Waals surface area (Å²) in [5, 5.41) is 3.44. The van der Waals surface area contributed by atoms with Crippen molar-refractivity contribution in [2.75, 3.05) is 12.8 Å². The Balaban J connectivity index is 2.29.